The third-order valence-electron chi connectivity index (χ3n) is 3.32. The molecule has 4 nitrogen and oxygen atoms in total. The number of esters is 1. The number of carbonyl (C=O) groups is 1. The molecule has 2 N–H and O–H groups in total. The summed E-state index contributed by atoms with van der Waals surface area (Å²) in [5.41, 5.74) is 3.81. The van der Waals surface area contributed by atoms with Gasteiger partial charge in [0, 0.05) is 18.8 Å². The van der Waals surface area contributed by atoms with Crippen LogP contribution in [0.2, 0.25) is 0 Å². The fourth-order valence-electron chi connectivity index (χ4n) is 2.25. The van der Waals surface area contributed by atoms with Gasteiger partial charge in [-0.25, -0.2) is 0 Å². The van der Waals surface area contributed by atoms with E-state index in [0.717, 1.165) is 13.0 Å². The van der Waals surface area contributed by atoms with Crippen molar-refractivity contribution >= 4 is 11.7 Å². The number of benzene rings is 1. The molecule has 0 saturated carbocycles. The maximum atomic E-state index is 11.3. The summed E-state index contributed by atoms with van der Waals surface area (Å²) in [6.07, 6.45) is 2.31. The Balaban J connectivity index is 2.03. The van der Waals surface area contributed by atoms with Gasteiger partial charge in [0.2, 0.25) is 0 Å². The fraction of sp³-hybridized carbons (Fsp3) is 0.500. The lowest BCUT2D eigenvalue weighted by Gasteiger charge is -2.22. The molecule has 0 saturated heterocycles. The van der Waals surface area contributed by atoms with Crippen molar-refractivity contribution in [2.45, 2.75) is 32.4 Å². The van der Waals surface area contributed by atoms with Crippen LogP contribution in [0.25, 0.3) is 0 Å². The normalized spacial score (nSPS) is 15.4. The summed E-state index contributed by atoms with van der Waals surface area (Å²) in [6, 6.07) is 6.04. The molecule has 98 valence electrons. The summed E-state index contributed by atoms with van der Waals surface area (Å²) in [7, 11) is 1.41. The minimum Gasteiger partial charge on any atom is -0.468 e. The second-order valence-corrected chi connectivity index (χ2v) is 4.61. The maximum absolute atomic E-state index is 11.3. The van der Waals surface area contributed by atoms with Crippen LogP contribution in [0.3, 0.4) is 0 Å². The highest BCUT2D eigenvalue weighted by Gasteiger charge is 2.15. The van der Waals surface area contributed by atoms with Gasteiger partial charge in [-0.1, -0.05) is 18.2 Å². The number of aryl methyl sites for hydroxylation is 1. The summed E-state index contributed by atoms with van der Waals surface area (Å²) in [5, 5.41) is 6.63. The predicted molar refractivity (Wildman–Crippen MR) is 71.6 cm³/mol. The van der Waals surface area contributed by atoms with Crippen molar-refractivity contribution in [1.82, 2.24) is 5.32 Å². The molecule has 0 spiro atoms. The van der Waals surface area contributed by atoms with Gasteiger partial charge in [-0.3, -0.25) is 4.79 Å². The van der Waals surface area contributed by atoms with Gasteiger partial charge in [0.1, 0.15) is 6.04 Å². The molecule has 4 heteroatoms. The van der Waals surface area contributed by atoms with E-state index in [1.807, 2.05) is 6.92 Å². The molecule has 18 heavy (non-hydrogen) atoms. The molecule has 1 aromatic carbocycles. The predicted octanol–water partition coefficient (Wildman–Crippen LogP) is 1.70. The van der Waals surface area contributed by atoms with E-state index in [4.69, 9.17) is 4.74 Å². The van der Waals surface area contributed by atoms with Gasteiger partial charge < -0.3 is 15.4 Å². The van der Waals surface area contributed by atoms with Gasteiger partial charge in [0.25, 0.3) is 0 Å². The second-order valence-electron chi connectivity index (χ2n) is 4.61. The number of methoxy groups -OCH3 is 1. The van der Waals surface area contributed by atoms with E-state index >= 15 is 0 Å². The van der Waals surface area contributed by atoms with E-state index < -0.39 is 0 Å². The van der Waals surface area contributed by atoms with Crippen molar-refractivity contribution in [3.8, 4) is 0 Å². The molecule has 2 rings (SSSR count). The Labute approximate surface area is 108 Å². The van der Waals surface area contributed by atoms with Crippen molar-refractivity contribution in [1.29, 1.82) is 0 Å². The van der Waals surface area contributed by atoms with E-state index in [1.165, 1.54) is 30.3 Å². The number of hydrogen-bond acceptors (Lipinski definition) is 4. The zero-order valence-electron chi connectivity index (χ0n) is 11.0. The Kier molecular flexibility index (Phi) is 4.20. The number of nitrogens with one attached hydrogen (secondary N) is 2. The first kappa shape index (κ1) is 12.9. The minimum atomic E-state index is -0.283. The third-order valence-corrected chi connectivity index (χ3v) is 3.32. The Bertz CT molecular complexity index is 432. The summed E-state index contributed by atoms with van der Waals surface area (Å²) in [4.78, 5) is 11.3. The van der Waals surface area contributed by atoms with Crippen LogP contribution in [0.15, 0.2) is 18.2 Å². The van der Waals surface area contributed by atoms with Crippen LogP contribution < -0.4 is 10.6 Å². The van der Waals surface area contributed by atoms with Gasteiger partial charge >= 0.3 is 5.97 Å². The smallest absolute Gasteiger partial charge is 0.322 e. The van der Waals surface area contributed by atoms with Crippen LogP contribution in [-0.2, 0) is 22.5 Å². The second kappa shape index (κ2) is 5.87. The molecular formula is C14H20N2O2. The number of rotatable bonds is 4. The Morgan fingerprint density at radius 1 is 1.56 bits per heavy atom. The van der Waals surface area contributed by atoms with Crippen LogP contribution in [-0.4, -0.2) is 25.7 Å². The standard InChI is InChI=1S/C14H20N2O2/c1-10(14(17)18-2)16-9-12-6-3-5-11-7-4-8-15-13(11)12/h3,5-6,10,15-16H,4,7-9H2,1-2H3/t10-/m0/s1. The van der Waals surface area contributed by atoms with Crippen molar-refractivity contribution in [3.63, 3.8) is 0 Å². The number of carbonyl (C=O) groups excluding carboxylic acids is 1. The van der Waals surface area contributed by atoms with Crippen LogP contribution in [0.5, 0.6) is 0 Å². The SMILES string of the molecule is COC(=O)[C@H](C)NCc1cccc2c1NCCC2. The van der Waals surface area contributed by atoms with Crippen molar-refractivity contribution in [2.75, 3.05) is 19.0 Å². The Morgan fingerprint density at radius 3 is 3.17 bits per heavy atom. The summed E-state index contributed by atoms with van der Waals surface area (Å²) < 4.78 is 4.70. The monoisotopic (exact) mass is 248 g/mol. The van der Waals surface area contributed by atoms with Gasteiger partial charge in [-0.15, -0.1) is 0 Å². The molecule has 0 bridgehead atoms. The Morgan fingerprint density at radius 2 is 2.39 bits per heavy atom. The molecule has 1 heterocycles. The number of hydrogen-bond donors (Lipinski definition) is 2. The molecular weight excluding hydrogens is 228 g/mol. The number of fused-ring (bicyclic) bond motifs is 1. The highest BCUT2D eigenvalue weighted by Crippen LogP contribution is 2.25. The average molecular weight is 248 g/mol. The van der Waals surface area contributed by atoms with E-state index in [0.29, 0.717) is 6.54 Å². The minimum absolute atomic E-state index is 0.229. The first-order chi connectivity index (χ1) is 8.72. The van der Waals surface area contributed by atoms with E-state index in [9.17, 15) is 4.79 Å². The number of anilines is 1. The molecule has 1 aliphatic heterocycles. The number of ether oxygens (including phenoxy) is 1. The molecule has 0 radical (unpaired) electrons. The fourth-order valence-corrected chi connectivity index (χ4v) is 2.25. The lowest BCUT2D eigenvalue weighted by Crippen LogP contribution is -2.34. The summed E-state index contributed by atoms with van der Waals surface area (Å²) >= 11 is 0. The van der Waals surface area contributed by atoms with Crippen LogP contribution in [0.1, 0.15) is 24.5 Å². The van der Waals surface area contributed by atoms with E-state index in [-0.39, 0.29) is 12.0 Å². The molecule has 1 aliphatic rings. The molecule has 0 fully saturated rings. The van der Waals surface area contributed by atoms with Crippen molar-refractivity contribution < 1.29 is 9.53 Å². The number of para-hydroxylation sites is 1. The topological polar surface area (TPSA) is 50.4 Å². The molecule has 0 unspecified atom stereocenters. The third kappa shape index (κ3) is 2.82. The van der Waals surface area contributed by atoms with E-state index in [1.54, 1.807) is 0 Å². The van der Waals surface area contributed by atoms with Crippen molar-refractivity contribution in [2.24, 2.45) is 0 Å². The first-order valence-electron chi connectivity index (χ1n) is 6.38. The molecule has 1 aromatic rings. The van der Waals surface area contributed by atoms with Crippen molar-refractivity contribution in [3.05, 3.63) is 29.3 Å². The average Bonchev–Trinajstić information content (AvgIpc) is 2.43. The molecule has 0 aliphatic carbocycles. The quantitative estimate of drug-likeness (QED) is 0.796. The maximum Gasteiger partial charge on any atom is 0.322 e. The van der Waals surface area contributed by atoms with Gasteiger partial charge in [0.05, 0.1) is 7.11 Å². The van der Waals surface area contributed by atoms with E-state index in [2.05, 4.69) is 28.8 Å². The largest absolute Gasteiger partial charge is 0.468 e. The van der Waals surface area contributed by atoms with Crippen LogP contribution >= 0.6 is 0 Å². The van der Waals surface area contributed by atoms with Crippen LogP contribution in [0.4, 0.5) is 5.69 Å². The van der Waals surface area contributed by atoms with Gasteiger partial charge in [-0.05, 0) is 30.9 Å². The lowest BCUT2D eigenvalue weighted by atomic mass is 9.99. The summed E-state index contributed by atoms with van der Waals surface area (Å²) in [5.74, 6) is -0.229. The lowest BCUT2D eigenvalue weighted by molar-refractivity contribution is -0.142. The highest BCUT2D eigenvalue weighted by molar-refractivity contribution is 5.75. The van der Waals surface area contributed by atoms with Gasteiger partial charge in [-0.2, -0.15) is 0 Å². The van der Waals surface area contributed by atoms with Gasteiger partial charge in [0.15, 0.2) is 0 Å². The summed E-state index contributed by atoms with van der Waals surface area (Å²) in [6.45, 7) is 3.51. The zero-order chi connectivity index (χ0) is 13.0. The molecule has 0 aromatic heterocycles. The zero-order valence-corrected chi connectivity index (χ0v) is 11.0. The first-order valence-corrected chi connectivity index (χ1v) is 6.38. The highest BCUT2D eigenvalue weighted by atomic mass is 16.5. The molecule has 0 amide bonds. The molecule has 1 atom stereocenters. The Hall–Kier alpha value is -1.55. The van der Waals surface area contributed by atoms with Crippen LogP contribution in [0, 0.1) is 0 Å².